The Morgan fingerprint density at radius 3 is 2.80 bits per heavy atom. The van der Waals surface area contributed by atoms with Crippen molar-refractivity contribution in [1.82, 2.24) is 10.2 Å². The highest BCUT2D eigenvalue weighted by molar-refractivity contribution is 5.42. The zero-order valence-corrected chi connectivity index (χ0v) is 12.4. The highest BCUT2D eigenvalue weighted by Crippen LogP contribution is 2.19. The molecule has 1 saturated heterocycles. The van der Waals surface area contributed by atoms with Gasteiger partial charge in [-0.2, -0.15) is 5.26 Å². The molecule has 20 heavy (non-hydrogen) atoms. The molecule has 1 aliphatic heterocycles. The monoisotopic (exact) mass is 273 g/mol. The molecule has 1 fully saturated rings. The molecular weight excluding hydrogens is 250 g/mol. The van der Waals surface area contributed by atoms with E-state index in [0.29, 0.717) is 11.6 Å². The van der Waals surface area contributed by atoms with E-state index in [1.807, 2.05) is 12.1 Å². The highest BCUT2D eigenvalue weighted by atomic mass is 16.5. The summed E-state index contributed by atoms with van der Waals surface area (Å²) in [6.07, 6.45) is 2.65. The summed E-state index contributed by atoms with van der Waals surface area (Å²) < 4.78 is 5.35. The molecule has 0 amide bonds. The Morgan fingerprint density at radius 2 is 2.15 bits per heavy atom. The van der Waals surface area contributed by atoms with Crippen molar-refractivity contribution in [2.75, 3.05) is 26.7 Å². The maximum Gasteiger partial charge on any atom is 0.123 e. The number of hydrogen-bond donors (Lipinski definition) is 1. The van der Waals surface area contributed by atoms with Gasteiger partial charge < -0.3 is 15.0 Å². The average Bonchev–Trinajstić information content (AvgIpc) is 2.97. The minimum Gasteiger partial charge on any atom is -0.496 e. The molecule has 0 aromatic heterocycles. The van der Waals surface area contributed by atoms with Crippen LogP contribution in [0.15, 0.2) is 18.2 Å². The first-order valence-corrected chi connectivity index (χ1v) is 7.25. The Kier molecular flexibility index (Phi) is 5.40. The third kappa shape index (κ3) is 3.96. The van der Waals surface area contributed by atoms with Gasteiger partial charge in [-0.1, -0.05) is 0 Å². The van der Waals surface area contributed by atoms with E-state index in [1.165, 1.54) is 25.9 Å². The molecule has 0 saturated carbocycles. The first kappa shape index (κ1) is 14.8. The topological polar surface area (TPSA) is 48.3 Å². The van der Waals surface area contributed by atoms with Gasteiger partial charge in [0.15, 0.2) is 0 Å². The minimum absolute atomic E-state index is 0.434. The lowest BCUT2D eigenvalue weighted by atomic mass is 10.1. The van der Waals surface area contributed by atoms with Crippen LogP contribution in [-0.4, -0.2) is 37.7 Å². The number of benzene rings is 1. The number of likely N-dealkylation sites (tertiary alicyclic amines) is 1. The van der Waals surface area contributed by atoms with Crippen LogP contribution in [0, 0.1) is 11.3 Å². The average molecular weight is 273 g/mol. The Balaban J connectivity index is 1.90. The largest absolute Gasteiger partial charge is 0.496 e. The van der Waals surface area contributed by atoms with Crippen molar-refractivity contribution in [2.24, 2.45) is 0 Å². The van der Waals surface area contributed by atoms with Crippen LogP contribution in [-0.2, 0) is 6.54 Å². The zero-order chi connectivity index (χ0) is 14.4. The maximum absolute atomic E-state index is 8.97. The smallest absolute Gasteiger partial charge is 0.123 e. The van der Waals surface area contributed by atoms with E-state index in [4.69, 9.17) is 10.00 Å². The number of rotatable bonds is 6. The SMILES string of the molecule is COc1ccc(C#N)cc1CNC(C)CN1CCCC1. The normalized spacial score (nSPS) is 16.9. The summed E-state index contributed by atoms with van der Waals surface area (Å²) in [5.41, 5.74) is 1.72. The molecule has 108 valence electrons. The van der Waals surface area contributed by atoms with Gasteiger partial charge in [0.05, 0.1) is 18.7 Å². The van der Waals surface area contributed by atoms with Gasteiger partial charge in [0, 0.05) is 24.7 Å². The van der Waals surface area contributed by atoms with Crippen molar-refractivity contribution in [1.29, 1.82) is 5.26 Å². The molecule has 1 atom stereocenters. The van der Waals surface area contributed by atoms with E-state index in [1.54, 1.807) is 13.2 Å². The molecule has 1 aromatic rings. The van der Waals surface area contributed by atoms with E-state index in [0.717, 1.165) is 24.4 Å². The van der Waals surface area contributed by atoms with Crippen LogP contribution >= 0.6 is 0 Å². The standard InChI is InChI=1S/C16H23N3O/c1-13(12-19-7-3-4-8-19)18-11-15-9-14(10-17)5-6-16(15)20-2/h5-6,9,13,18H,3-4,7-8,11-12H2,1-2H3. The van der Waals surface area contributed by atoms with E-state index in [-0.39, 0.29) is 0 Å². The Labute approximate surface area is 121 Å². The molecule has 1 heterocycles. The Bertz CT molecular complexity index is 475. The predicted octanol–water partition coefficient (Wildman–Crippen LogP) is 2.14. The van der Waals surface area contributed by atoms with Crippen molar-refractivity contribution < 1.29 is 4.74 Å². The van der Waals surface area contributed by atoms with Crippen molar-refractivity contribution >= 4 is 0 Å². The minimum atomic E-state index is 0.434. The number of ether oxygens (including phenoxy) is 1. The second-order valence-corrected chi connectivity index (χ2v) is 5.43. The number of hydrogen-bond acceptors (Lipinski definition) is 4. The van der Waals surface area contributed by atoms with Gasteiger partial charge in [-0.05, 0) is 51.1 Å². The van der Waals surface area contributed by atoms with Crippen LogP contribution < -0.4 is 10.1 Å². The maximum atomic E-state index is 8.97. The Morgan fingerprint density at radius 1 is 1.40 bits per heavy atom. The van der Waals surface area contributed by atoms with Gasteiger partial charge in [0.2, 0.25) is 0 Å². The molecule has 2 rings (SSSR count). The molecule has 0 bridgehead atoms. The summed E-state index contributed by atoms with van der Waals surface area (Å²) in [4.78, 5) is 2.50. The fourth-order valence-corrected chi connectivity index (χ4v) is 2.69. The predicted molar refractivity (Wildman–Crippen MR) is 79.7 cm³/mol. The van der Waals surface area contributed by atoms with Crippen molar-refractivity contribution in [3.05, 3.63) is 29.3 Å². The molecule has 1 aromatic carbocycles. The fourth-order valence-electron chi connectivity index (χ4n) is 2.69. The molecule has 1 aliphatic rings. The lowest BCUT2D eigenvalue weighted by Crippen LogP contribution is -2.37. The van der Waals surface area contributed by atoms with Crippen LogP contribution in [0.25, 0.3) is 0 Å². The quantitative estimate of drug-likeness (QED) is 0.862. The van der Waals surface area contributed by atoms with Gasteiger partial charge in [0.25, 0.3) is 0 Å². The summed E-state index contributed by atoms with van der Waals surface area (Å²) >= 11 is 0. The first-order valence-electron chi connectivity index (χ1n) is 7.25. The van der Waals surface area contributed by atoms with E-state index in [9.17, 15) is 0 Å². The van der Waals surface area contributed by atoms with Gasteiger partial charge in [-0.25, -0.2) is 0 Å². The summed E-state index contributed by atoms with van der Waals surface area (Å²) in [5.74, 6) is 0.838. The van der Waals surface area contributed by atoms with Crippen LogP contribution in [0.4, 0.5) is 0 Å². The third-order valence-corrected chi connectivity index (χ3v) is 3.78. The van der Waals surface area contributed by atoms with E-state index < -0.39 is 0 Å². The van der Waals surface area contributed by atoms with E-state index >= 15 is 0 Å². The first-order chi connectivity index (χ1) is 9.72. The molecule has 0 radical (unpaired) electrons. The molecule has 0 spiro atoms. The third-order valence-electron chi connectivity index (χ3n) is 3.78. The van der Waals surface area contributed by atoms with Crippen LogP contribution in [0.5, 0.6) is 5.75 Å². The van der Waals surface area contributed by atoms with Crippen LogP contribution in [0.2, 0.25) is 0 Å². The molecule has 4 nitrogen and oxygen atoms in total. The van der Waals surface area contributed by atoms with Gasteiger partial charge >= 0.3 is 0 Å². The molecule has 1 unspecified atom stereocenters. The van der Waals surface area contributed by atoms with Gasteiger partial charge in [0.1, 0.15) is 5.75 Å². The zero-order valence-electron chi connectivity index (χ0n) is 12.4. The molecule has 0 aliphatic carbocycles. The number of methoxy groups -OCH3 is 1. The number of nitriles is 1. The van der Waals surface area contributed by atoms with Crippen molar-refractivity contribution in [3.63, 3.8) is 0 Å². The molecule has 1 N–H and O–H groups in total. The second kappa shape index (κ2) is 7.28. The lowest BCUT2D eigenvalue weighted by molar-refractivity contribution is 0.297. The highest BCUT2D eigenvalue weighted by Gasteiger charge is 2.14. The summed E-state index contributed by atoms with van der Waals surface area (Å²) in [5, 5.41) is 12.5. The van der Waals surface area contributed by atoms with Crippen LogP contribution in [0.1, 0.15) is 30.9 Å². The summed E-state index contributed by atoms with van der Waals surface area (Å²) in [6.45, 7) is 6.46. The fraction of sp³-hybridized carbons (Fsp3) is 0.562. The molecule has 4 heteroatoms. The Hall–Kier alpha value is -1.57. The van der Waals surface area contributed by atoms with Crippen LogP contribution in [0.3, 0.4) is 0 Å². The van der Waals surface area contributed by atoms with Crippen molar-refractivity contribution in [2.45, 2.75) is 32.4 Å². The summed E-state index contributed by atoms with van der Waals surface area (Å²) in [6, 6.07) is 8.15. The lowest BCUT2D eigenvalue weighted by Gasteiger charge is -2.21. The number of nitrogens with zero attached hydrogens (tertiary/aromatic N) is 2. The van der Waals surface area contributed by atoms with Crippen molar-refractivity contribution in [3.8, 4) is 11.8 Å². The molecular formula is C16H23N3O. The van der Waals surface area contributed by atoms with E-state index in [2.05, 4.69) is 23.2 Å². The number of nitrogens with one attached hydrogen (secondary N) is 1. The van der Waals surface area contributed by atoms with Gasteiger partial charge in [-0.3, -0.25) is 0 Å². The van der Waals surface area contributed by atoms with Gasteiger partial charge in [-0.15, -0.1) is 0 Å². The second-order valence-electron chi connectivity index (χ2n) is 5.43. The summed E-state index contributed by atoms with van der Waals surface area (Å²) in [7, 11) is 1.67.